The van der Waals surface area contributed by atoms with Gasteiger partial charge in [-0.2, -0.15) is 4.98 Å². The quantitative estimate of drug-likeness (QED) is 0.583. The van der Waals surface area contributed by atoms with E-state index in [4.69, 9.17) is 4.74 Å². The third-order valence-corrected chi connectivity index (χ3v) is 4.87. The highest BCUT2D eigenvalue weighted by Gasteiger charge is 2.36. The summed E-state index contributed by atoms with van der Waals surface area (Å²) in [5.74, 6) is -3.44. The zero-order valence-electron chi connectivity index (χ0n) is 15.2. The number of hydrogen-bond donors (Lipinski definition) is 0. The zero-order chi connectivity index (χ0) is 20.7. The molecule has 0 bridgehead atoms. The largest absolute Gasteiger partial charge is 0.447 e. The third kappa shape index (κ3) is 3.29. The maximum absolute atomic E-state index is 14.6. The Bertz CT molecular complexity index is 1130. The number of ether oxygens (including phenoxy) is 1. The molecule has 1 aromatic heterocycles. The summed E-state index contributed by atoms with van der Waals surface area (Å²) in [6, 6.07) is 7.22. The summed E-state index contributed by atoms with van der Waals surface area (Å²) in [6.07, 6.45) is 0.333. The number of nitrogens with zero attached hydrogens (tertiary/aromatic N) is 4. The molecule has 1 aliphatic heterocycles. The zero-order valence-corrected chi connectivity index (χ0v) is 16.0. The lowest BCUT2D eigenvalue weighted by Gasteiger charge is -2.30. The van der Waals surface area contributed by atoms with Crippen molar-refractivity contribution in [2.75, 3.05) is 11.2 Å². The molecule has 2 heterocycles. The van der Waals surface area contributed by atoms with Gasteiger partial charge < -0.3 is 4.74 Å². The van der Waals surface area contributed by atoms with Crippen molar-refractivity contribution < 1.29 is 22.7 Å². The first-order valence-corrected chi connectivity index (χ1v) is 9.62. The number of anilines is 1. The summed E-state index contributed by atoms with van der Waals surface area (Å²) in [5, 5.41) is 8.27. The van der Waals surface area contributed by atoms with Crippen molar-refractivity contribution in [3.05, 3.63) is 59.4 Å². The number of carbonyl (C=O) groups is 1. The molecule has 0 saturated carbocycles. The van der Waals surface area contributed by atoms with Gasteiger partial charge in [0.15, 0.2) is 17.3 Å². The molecular formula is C19H13F3N4O2S. The van der Waals surface area contributed by atoms with Crippen LogP contribution in [-0.2, 0) is 4.79 Å². The first-order chi connectivity index (χ1) is 13.9. The second kappa shape index (κ2) is 7.36. The van der Waals surface area contributed by atoms with Crippen molar-refractivity contribution in [2.45, 2.75) is 18.3 Å². The van der Waals surface area contributed by atoms with Crippen LogP contribution in [0.4, 0.5) is 18.9 Å². The molecule has 148 valence electrons. The van der Waals surface area contributed by atoms with Gasteiger partial charge >= 0.3 is 0 Å². The summed E-state index contributed by atoms with van der Waals surface area (Å²) in [6.45, 7) is 1.24. The lowest BCUT2D eigenvalue weighted by atomic mass is 10.1. The Labute approximate surface area is 167 Å². The van der Waals surface area contributed by atoms with Gasteiger partial charge in [0.05, 0.1) is 11.3 Å². The first-order valence-electron chi connectivity index (χ1n) is 8.39. The van der Waals surface area contributed by atoms with Crippen LogP contribution in [0.3, 0.4) is 0 Å². The lowest BCUT2D eigenvalue weighted by molar-refractivity contribution is -0.118. The van der Waals surface area contributed by atoms with Crippen LogP contribution in [-0.4, -0.2) is 27.3 Å². The van der Waals surface area contributed by atoms with Crippen LogP contribution in [0.25, 0.3) is 11.3 Å². The first kappa shape index (κ1) is 19.2. The molecule has 0 N–H and O–H groups in total. The Balaban J connectivity index is 2.03. The molecule has 1 atom stereocenters. The SMILES string of the molecule is CSc1nnc2c(n1)O[C@@H](c1cccc(F)c1F)N(C(C)=O)c1ccc(F)cc1-2. The fourth-order valence-electron chi connectivity index (χ4n) is 3.08. The highest BCUT2D eigenvalue weighted by Crippen LogP contribution is 2.44. The maximum atomic E-state index is 14.6. The Morgan fingerprint density at radius 2 is 1.97 bits per heavy atom. The smallest absolute Gasteiger partial charge is 0.247 e. The maximum Gasteiger partial charge on any atom is 0.247 e. The monoisotopic (exact) mass is 418 g/mol. The van der Waals surface area contributed by atoms with Crippen molar-refractivity contribution >= 4 is 23.4 Å². The molecule has 0 fully saturated rings. The summed E-state index contributed by atoms with van der Waals surface area (Å²) in [7, 11) is 0. The second-order valence-corrected chi connectivity index (χ2v) is 6.89. The summed E-state index contributed by atoms with van der Waals surface area (Å²) >= 11 is 1.19. The highest BCUT2D eigenvalue weighted by molar-refractivity contribution is 7.98. The number of halogens is 3. The average Bonchev–Trinajstić information content (AvgIpc) is 2.83. The van der Waals surface area contributed by atoms with E-state index in [0.717, 1.165) is 23.1 Å². The van der Waals surface area contributed by atoms with Gasteiger partial charge in [-0.25, -0.2) is 13.2 Å². The van der Waals surface area contributed by atoms with E-state index in [2.05, 4.69) is 15.2 Å². The molecule has 0 radical (unpaired) electrons. The fraction of sp³-hybridized carbons (Fsp3) is 0.158. The Morgan fingerprint density at radius 1 is 1.17 bits per heavy atom. The summed E-state index contributed by atoms with van der Waals surface area (Å²) in [4.78, 5) is 17.9. The van der Waals surface area contributed by atoms with Gasteiger partial charge in [-0.1, -0.05) is 23.9 Å². The lowest BCUT2D eigenvalue weighted by Crippen LogP contribution is -2.36. The van der Waals surface area contributed by atoms with E-state index in [-0.39, 0.29) is 33.5 Å². The molecule has 0 aliphatic carbocycles. The van der Waals surface area contributed by atoms with E-state index < -0.39 is 29.6 Å². The molecule has 6 nitrogen and oxygen atoms in total. The Morgan fingerprint density at radius 3 is 2.69 bits per heavy atom. The minimum Gasteiger partial charge on any atom is -0.447 e. The molecular weight excluding hydrogens is 405 g/mol. The van der Waals surface area contributed by atoms with Crippen LogP contribution in [0.1, 0.15) is 18.7 Å². The molecule has 0 spiro atoms. The average molecular weight is 418 g/mol. The molecule has 2 aromatic carbocycles. The number of thioether (sulfide) groups is 1. The molecule has 10 heteroatoms. The van der Waals surface area contributed by atoms with Gasteiger partial charge in [0.25, 0.3) is 0 Å². The van der Waals surface area contributed by atoms with E-state index in [1.165, 1.54) is 36.9 Å². The standard InChI is InChI=1S/C19H13F3N4O2S/c1-9(27)26-14-7-6-10(20)8-12(14)16-17(23-19(29-2)25-24-16)28-18(26)11-4-3-5-13(21)15(11)22/h3-8,18H,1-2H3/t18-/m0/s1. The van der Waals surface area contributed by atoms with Crippen molar-refractivity contribution in [1.29, 1.82) is 0 Å². The number of aromatic nitrogens is 3. The van der Waals surface area contributed by atoms with E-state index in [0.29, 0.717) is 0 Å². The van der Waals surface area contributed by atoms with Gasteiger partial charge in [-0.3, -0.25) is 9.69 Å². The van der Waals surface area contributed by atoms with Gasteiger partial charge in [0, 0.05) is 12.5 Å². The Kier molecular flexibility index (Phi) is 4.87. The highest BCUT2D eigenvalue weighted by atomic mass is 32.2. The minimum atomic E-state index is -1.39. The predicted octanol–water partition coefficient (Wildman–Crippen LogP) is 4.12. The van der Waals surface area contributed by atoms with Gasteiger partial charge in [-0.05, 0) is 30.5 Å². The van der Waals surface area contributed by atoms with Crippen molar-refractivity contribution in [3.8, 4) is 17.1 Å². The minimum absolute atomic E-state index is 0.0754. The predicted molar refractivity (Wildman–Crippen MR) is 99.9 cm³/mol. The number of benzene rings is 2. The number of hydrogen-bond acceptors (Lipinski definition) is 6. The summed E-state index contributed by atoms with van der Waals surface area (Å²) < 4.78 is 48.4. The van der Waals surface area contributed by atoms with E-state index >= 15 is 0 Å². The third-order valence-electron chi connectivity index (χ3n) is 4.34. The van der Waals surface area contributed by atoms with Crippen LogP contribution in [0, 0.1) is 17.5 Å². The topological polar surface area (TPSA) is 68.2 Å². The van der Waals surface area contributed by atoms with Crippen LogP contribution >= 0.6 is 11.8 Å². The van der Waals surface area contributed by atoms with Crippen molar-refractivity contribution in [3.63, 3.8) is 0 Å². The normalized spacial score (nSPS) is 15.2. The van der Waals surface area contributed by atoms with Crippen molar-refractivity contribution in [1.82, 2.24) is 15.2 Å². The van der Waals surface area contributed by atoms with E-state index in [9.17, 15) is 18.0 Å². The number of rotatable bonds is 2. The van der Waals surface area contributed by atoms with Crippen LogP contribution in [0.5, 0.6) is 5.88 Å². The fourth-order valence-corrected chi connectivity index (χ4v) is 3.37. The molecule has 29 heavy (non-hydrogen) atoms. The van der Waals surface area contributed by atoms with Gasteiger partial charge in [0.1, 0.15) is 5.82 Å². The van der Waals surface area contributed by atoms with Crippen molar-refractivity contribution in [2.24, 2.45) is 0 Å². The molecule has 4 rings (SSSR count). The molecule has 1 aliphatic rings. The van der Waals surface area contributed by atoms with Crippen LogP contribution in [0.15, 0.2) is 41.6 Å². The van der Waals surface area contributed by atoms with E-state index in [1.54, 1.807) is 6.26 Å². The summed E-state index contributed by atoms with van der Waals surface area (Å²) in [5.41, 5.74) is 0.275. The number of amides is 1. The van der Waals surface area contributed by atoms with Gasteiger partial charge in [0.2, 0.25) is 23.2 Å². The van der Waals surface area contributed by atoms with Gasteiger partial charge in [-0.15, -0.1) is 10.2 Å². The van der Waals surface area contributed by atoms with Crippen LogP contribution < -0.4 is 9.64 Å². The number of fused-ring (bicyclic) bond motifs is 3. The molecule has 1 amide bonds. The molecule has 0 unspecified atom stereocenters. The second-order valence-electron chi connectivity index (χ2n) is 6.12. The van der Waals surface area contributed by atoms with E-state index in [1.807, 2.05) is 0 Å². The van der Waals surface area contributed by atoms with Crippen LogP contribution in [0.2, 0.25) is 0 Å². The molecule has 0 saturated heterocycles. The Hall–Kier alpha value is -3.14. The number of carbonyl (C=O) groups excluding carboxylic acids is 1. The molecule has 3 aromatic rings.